The zero-order valence-corrected chi connectivity index (χ0v) is 13.8. The van der Waals surface area contributed by atoms with Gasteiger partial charge in [-0.15, -0.1) is 11.3 Å². The van der Waals surface area contributed by atoms with E-state index in [0.29, 0.717) is 24.8 Å². The second kappa shape index (κ2) is 8.00. The number of hydrogen-bond donors (Lipinski definition) is 2. The van der Waals surface area contributed by atoms with Gasteiger partial charge in [-0.25, -0.2) is 0 Å². The molecule has 1 atom stereocenters. The topological polar surface area (TPSA) is 41.5 Å². The molecule has 1 unspecified atom stereocenters. The average Bonchev–Trinajstić information content (AvgIpc) is 2.94. The molecule has 0 amide bonds. The predicted octanol–water partition coefficient (Wildman–Crippen LogP) is 4.15. The van der Waals surface area contributed by atoms with Crippen molar-refractivity contribution < 1.29 is 9.84 Å². The van der Waals surface area contributed by atoms with Gasteiger partial charge in [0.1, 0.15) is 0 Å². The molecule has 0 saturated heterocycles. The highest BCUT2D eigenvalue weighted by molar-refractivity contribution is 9.10. The molecule has 3 nitrogen and oxygen atoms in total. The van der Waals surface area contributed by atoms with Crippen LogP contribution in [0, 0.1) is 0 Å². The van der Waals surface area contributed by atoms with Crippen molar-refractivity contribution in [1.29, 1.82) is 0 Å². The minimum Gasteiger partial charge on any atom is -0.389 e. The number of thiophene rings is 1. The maximum atomic E-state index is 9.87. The van der Waals surface area contributed by atoms with E-state index in [9.17, 15) is 5.11 Å². The molecular weight excluding hydrogens is 362 g/mol. The normalized spacial score (nSPS) is 12.3. The first-order valence-corrected chi connectivity index (χ1v) is 8.18. The molecule has 0 aliphatic heterocycles. The lowest BCUT2D eigenvalue weighted by atomic mass is 10.3. The van der Waals surface area contributed by atoms with Gasteiger partial charge in [0.25, 0.3) is 0 Å². The Morgan fingerprint density at radius 1 is 1.35 bits per heavy atom. The number of nitrogens with one attached hydrogen (secondary N) is 1. The Morgan fingerprint density at radius 2 is 2.20 bits per heavy atom. The van der Waals surface area contributed by atoms with Crippen LogP contribution in [0.4, 0.5) is 5.69 Å². The van der Waals surface area contributed by atoms with E-state index in [4.69, 9.17) is 16.3 Å². The van der Waals surface area contributed by atoms with Crippen molar-refractivity contribution in [3.05, 3.63) is 50.1 Å². The molecule has 6 heteroatoms. The lowest BCUT2D eigenvalue weighted by Crippen LogP contribution is -2.24. The minimum atomic E-state index is -0.569. The summed E-state index contributed by atoms with van der Waals surface area (Å²) in [6.45, 7) is 1.24. The summed E-state index contributed by atoms with van der Waals surface area (Å²) in [6, 6.07) is 9.55. The summed E-state index contributed by atoms with van der Waals surface area (Å²) >= 11 is 11.0. The van der Waals surface area contributed by atoms with Crippen LogP contribution in [0.1, 0.15) is 4.88 Å². The molecule has 2 aromatic rings. The van der Waals surface area contributed by atoms with Gasteiger partial charge in [-0.3, -0.25) is 0 Å². The van der Waals surface area contributed by atoms with E-state index in [1.54, 1.807) is 17.4 Å². The van der Waals surface area contributed by atoms with Crippen molar-refractivity contribution in [2.75, 3.05) is 18.5 Å². The lowest BCUT2D eigenvalue weighted by molar-refractivity contribution is 0.0359. The molecule has 1 aromatic heterocycles. The van der Waals surface area contributed by atoms with Crippen LogP contribution >= 0.6 is 38.9 Å². The van der Waals surface area contributed by atoms with Gasteiger partial charge in [-0.2, -0.15) is 0 Å². The fourth-order valence-electron chi connectivity index (χ4n) is 1.62. The van der Waals surface area contributed by atoms with E-state index in [1.807, 2.05) is 29.6 Å². The van der Waals surface area contributed by atoms with Crippen LogP contribution < -0.4 is 5.32 Å². The van der Waals surface area contributed by atoms with Crippen LogP contribution in [0.3, 0.4) is 0 Å². The zero-order chi connectivity index (χ0) is 14.4. The van der Waals surface area contributed by atoms with Gasteiger partial charge >= 0.3 is 0 Å². The molecule has 0 fully saturated rings. The maximum absolute atomic E-state index is 9.87. The monoisotopic (exact) mass is 375 g/mol. The van der Waals surface area contributed by atoms with E-state index < -0.39 is 6.10 Å². The summed E-state index contributed by atoms with van der Waals surface area (Å²) in [7, 11) is 0. The zero-order valence-electron chi connectivity index (χ0n) is 10.7. The molecule has 0 aliphatic rings. The molecule has 1 heterocycles. The fraction of sp³-hybridized carbons (Fsp3) is 0.286. The molecule has 0 bridgehead atoms. The number of rotatable bonds is 7. The quantitative estimate of drug-likeness (QED) is 0.762. The Hall–Kier alpha value is -0.590. The molecule has 108 valence electrons. The van der Waals surface area contributed by atoms with Crippen molar-refractivity contribution in [3.8, 4) is 0 Å². The molecule has 0 radical (unpaired) electrons. The van der Waals surface area contributed by atoms with E-state index in [1.165, 1.54) is 0 Å². The first-order chi connectivity index (χ1) is 9.66. The molecular formula is C14H15BrClNO2S. The van der Waals surface area contributed by atoms with Gasteiger partial charge in [-0.1, -0.05) is 23.7 Å². The molecule has 0 spiro atoms. The third-order valence-corrected chi connectivity index (χ3v) is 4.86. The molecule has 0 aliphatic carbocycles. The van der Waals surface area contributed by atoms with E-state index >= 15 is 0 Å². The average molecular weight is 377 g/mol. The smallest absolute Gasteiger partial charge is 0.0945 e. The third kappa shape index (κ3) is 4.75. The van der Waals surface area contributed by atoms with Crippen LogP contribution in [-0.2, 0) is 11.3 Å². The molecule has 20 heavy (non-hydrogen) atoms. The van der Waals surface area contributed by atoms with Crippen molar-refractivity contribution in [2.24, 2.45) is 0 Å². The summed E-state index contributed by atoms with van der Waals surface area (Å²) in [5, 5.41) is 15.7. The number of hydrogen-bond acceptors (Lipinski definition) is 4. The van der Waals surface area contributed by atoms with Crippen molar-refractivity contribution in [1.82, 2.24) is 0 Å². The van der Waals surface area contributed by atoms with E-state index in [0.717, 1.165) is 15.0 Å². The van der Waals surface area contributed by atoms with Crippen LogP contribution in [-0.4, -0.2) is 24.4 Å². The SMILES string of the molecule is OC(CNc1cccc(Cl)c1Br)COCc1cccs1. The van der Waals surface area contributed by atoms with Crippen molar-refractivity contribution in [3.63, 3.8) is 0 Å². The Labute approximate surface area is 135 Å². The minimum absolute atomic E-state index is 0.295. The summed E-state index contributed by atoms with van der Waals surface area (Å²) in [6.07, 6.45) is -0.569. The van der Waals surface area contributed by atoms with Crippen molar-refractivity contribution in [2.45, 2.75) is 12.7 Å². The molecule has 2 rings (SSSR count). The number of anilines is 1. The van der Waals surface area contributed by atoms with Crippen LogP contribution in [0.25, 0.3) is 0 Å². The number of aliphatic hydroxyl groups is 1. The van der Waals surface area contributed by atoms with Gasteiger partial charge in [0, 0.05) is 11.4 Å². The maximum Gasteiger partial charge on any atom is 0.0945 e. The van der Waals surface area contributed by atoms with Crippen molar-refractivity contribution >= 4 is 44.6 Å². The Morgan fingerprint density at radius 3 is 2.95 bits per heavy atom. The predicted molar refractivity (Wildman–Crippen MR) is 87.6 cm³/mol. The Balaban J connectivity index is 1.72. The Kier molecular flexibility index (Phi) is 6.32. The van der Waals surface area contributed by atoms with Gasteiger partial charge in [0.2, 0.25) is 0 Å². The summed E-state index contributed by atoms with van der Waals surface area (Å²) in [5.74, 6) is 0. The fourth-order valence-corrected chi connectivity index (χ4v) is 2.84. The summed E-state index contributed by atoms with van der Waals surface area (Å²) in [5.41, 5.74) is 0.856. The van der Waals surface area contributed by atoms with Crippen LogP contribution in [0.15, 0.2) is 40.2 Å². The highest BCUT2D eigenvalue weighted by atomic mass is 79.9. The summed E-state index contributed by atoms with van der Waals surface area (Å²) < 4.78 is 6.26. The first kappa shape index (κ1) is 15.8. The second-order valence-electron chi connectivity index (χ2n) is 4.23. The van der Waals surface area contributed by atoms with Crippen LogP contribution in [0.5, 0.6) is 0 Å². The summed E-state index contributed by atoms with van der Waals surface area (Å²) in [4.78, 5) is 1.16. The highest BCUT2D eigenvalue weighted by Crippen LogP contribution is 2.29. The third-order valence-electron chi connectivity index (χ3n) is 2.61. The van der Waals surface area contributed by atoms with Gasteiger partial charge < -0.3 is 15.2 Å². The highest BCUT2D eigenvalue weighted by Gasteiger charge is 2.07. The Bertz CT molecular complexity index is 536. The number of ether oxygens (including phenoxy) is 1. The number of halogens is 2. The largest absolute Gasteiger partial charge is 0.389 e. The van der Waals surface area contributed by atoms with Crippen LogP contribution in [0.2, 0.25) is 5.02 Å². The molecule has 2 N–H and O–H groups in total. The molecule has 0 saturated carbocycles. The van der Waals surface area contributed by atoms with Gasteiger partial charge in [0.15, 0.2) is 0 Å². The lowest BCUT2D eigenvalue weighted by Gasteiger charge is -2.14. The standard InChI is InChI=1S/C14H15BrClNO2S/c15-14-12(16)4-1-5-13(14)17-7-10(18)8-19-9-11-3-2-6-20-11/h1-6,10,17-18H,7-9H2. The second-order valence-corrected chi connectivity index (χ2v) is 6.46. The van der Waals surface area contributed by atoms with Gasteiger partial charge in [0.05, 0.1) is 34.5 Å². The van der Waals surface area contributed by atoms with E-state index in [2.05, 4.69) is 21.2 Å². The first-order valence-electron chi connectivity index (χ1n) is 6.13. The number of aliphatic hydroxyl groups excluding tert-OH is 1. The van der Waals surface area contributed by atoms with Gasteiger partial charge in [-0.05, 0) is 39.5 Å². The molecule has 1 aromatic carbocycles. The number of benzene rings is 1. The van der Waals surface area contributed by atoms with E-state index in [-0.39, 0.29) is 0 Å².